The van der Waals surface area contributed by atoms with Gasteiger partial charge in [-0.25, -0.2) is 9.67 Å². The quantitative estimate of drug-likeness (QED) is 0.261. The van der Waals surface area contributed by atoms with E-state index in [-0.39, 0.29) is 23.9 Å². The molecule has 3 aromatic heterocycles. The lowest BCUT2D eigenvalue weighted by molar-refractivity contribution is -0.121. The highest BCUT2D eigenvalue weighted by Gasteiger charge is 2.22. The zero-order chi connectivity index (χ0) is 28.5. The van der Waals surface area contributed by atoms with Crippen molar-refractivity contribution in [3.63, 3.8) is 0 Å². The van der Waals surface area contributed by atoms with Gasteiger partial charge in [-0.05, 0) is 55.7 Å². The zero-order valence-corrected chi connectivity index (χ0v) is 23.9. The number of amides is 1. The van der Waals surface area contributed by atoms with Gasteiger partial charge in [-0.15, -0.1) is 11.3 Å². The minimum absolute atomic E-state index is 0.0387. The summed E-state index contributed by atoms with van der Waals surface area (Å²) in [7, 11) is 0. The Morgan fingerprint density at radius 3 is 2.24 bits per heavy atom. The lowest BCUT2D eigenvalue weighted by atomic mass is 9.98. The van der Waals surface area contributed by atoms with Crippen molar-refractivity contribution in [2.24, 2.45) is 0 Å². The summed E-state index contributed by atoms with van der Waals surface area (Å²) in [5.74, 6) is -0.184. The van der Waals surface area contributed by atoms with Gasteiger partial charge in [0.25, 0.3) is 5.56 Å². The molecular weight excluding hydrogens is 530 g/mol. The number of benzene rings is 3. The van der Waals surface area contributed by atoms with Gasteiger partial charge in [0.2, 0.25) is 5.91 Å². The van der Waals surface area contributed by atoms with E-state index >= 15 is 0 Å². The Bertz CT molecular complexity index is 1880. The molecule has 0 bridgehead atoms. The van der Waals surface area contributed by atoms with Gasteiger partial charge < -0.3 is 5.32 Å². The maximum Gasteiger partial charge on any atom is 0.268 e. The van der Waals surface area contributed by atoms with Crippen LogP contribution in [-0.4, -0.2) is 25.1 Å². The number of rotatable bonds is 7. The van der Waals surface area contributed by atoms with Crippen molar-refractivity contribution in [2.75, 3.05) is 0 Å². The van der Waals surface area contributed by atoms with Crippen molar-refractivity contribution in [3.05, 3.63) is 141 Å². The van der Waals surface area contributed by atoms with Crippen LogP contribution < -0.4 is 10.9 Å². The molecule has 1 amide bonds. The molecule has 6 aromatic rings. The Morgan fingerprint density at radius 1 is 0.902 bits per heavy atom. The Hall–Kier alpha value is -4.82. The molecule has 7 nitrogen and oxygen atoms in total. The van der Waals surface area contributed by atoms with Gasteiger partial charge in [0, 0.05) is 16.8 Å². The molecule has 0 aliphatic heterocycles. The second kappa shape index (κ2) is 11.0. The van der Waals surface area contributed by atoms with Crippen LogP contribution in [0.4, 0.5) is 0 Å². The Labute approximate surface area is 241 Å². The van der Waals surface area contributed by atoms with E-state index in [9.17, 15) is 9.59 Å². The van der Waals surface area contributed by atoms with Crippen molar-refractivity contribution >= 4 is 22.2 Å². The van der Waals surface area contributed by atoms with Gasteiger partial charge in [0.15, 0.2) is 4.96 Å². The number of nitrogens with zero attached hydrogens (tertiary/aromatic N) is 4. The molecule has 204 valence electrons. The number of carbonyl (C=O) groups excluding carboxylic acids is 1. The first kappa shape index (κ1) is 26.4. The van der Waals surface area contributed by atoms with Gasteiger partial charge in [0.05, 0.1) is 29.4 Å². The van der Waals surface area contributed by atoms with E-state index in [0.29, 0.717) is 27.6 Å². The van der Waals surface area contributed by atoms with E-state index in [4.69, 9.17) is 10.1 Å². The number of fused-ring (bicyclic) bond motifs is 1. The molecule has 8 heteroatoms. The van der Waals surface area contributed by atoms with Gasteiger partial charge in [-0.2, -0.15) is 5.10 Å². The second-order valence-electron chi connectivity index (χ2n) is 10.1. The third kappa shape index (κ3) is 5.21. The molecule has 0 saturated carbocycles. The first-order valence-corrected chi connectivity index (χ1v) is 14.3. The highest BCUT2D eigenvalue weighted by Crippen LogP contribution is 2.25. The second-order valence-corrected chi connectivity index (χ2v) is 11.0. The summed E-state index contributed by atoms with van der Waals surface area (Å²) in [6, 6.07) is 29.4. The number of hydrogen-bond donors (Lipinski definition) is 1. The summed E-state index contributed by atoms with van der Waals surface area (Å²) in [6.45, 7) is 5.83. The predicted molar refractivity (Wildman–Crippen MR) is 163 cm³/mol. The smallest absolute Gasteiger partial charge is 0.268 e. The van der Waals surface area contributed by atoms with E-state index < -0.39 is 0 Å². The summed E-state index contributed by atoms with van der Waals surface area (Å²) < 4.78 is 3.39. The molecule has 0 atom stereocenters. The molecule has 0 aliphatic carbocycles. The fraction of sp³-hybridized carbons (Fsp3) is 0.152. The largest absolute Gasteiger partial charge is 0.345 e. The monoisotopic (exact) mass is 559 g/mol. The van der Waals surface area contributed by atoms with Crippen molar-refractivity contribution in [1.82, 2.24) is 24.5 Å². The Balaban J connectivity index is 1.34. The molecule has 0 saturated heterocycles. The number of aryl methyl sites for hydroxylation is 3. The normalized spacial score (nSPS) is 11.3. The van der Waals surface area contributed by atoms with E-state index in [2.05, 4.69) is 11.4 Å². The summed E-state index contributed by atoms with van der Waals surface area (Å²) >= 11 is 1.35. The van der Waals surface area contributed by atoms with Crippen LogP contribution in [-0.2, 0) is 11.2 Å². The molecule has 41 heavy (non-hydrogen) atoms. The maximum atomic E-state index is 13.9. The standard InChI is InChI=1S/C33H29N5O2S/c1-21-11-10-16-26(17-21)38-22(2)18-28(36-38)30-23(3)34-33-37(32(30)40)27(20-41-33)19-29(39)35-31(24-12-6-4-7-13-24)25-14-8-5-9-15-25/h4-18,20,31H,19H2,1-3H3,(H,35,39). The third-order valence-corrected chi connectivity index (χ3v) is 8.00. The molecule has 0 aliphatic rings. The first-order chi connectivity index (χ1) is 19.9. The Kier molecular flexibility index (Phi) is 7.07. The molecule has 3 aromatic carbocycles. The maximum absolute atomic E-state index is 13.9. The van der Waals surface area contributed by atoms with Crippen LogP contribution in [0, 0.1) is 20.8 Å². The van der Waals surface area contributed by atoms with Crippen LogP contribution in [0.2, 0.25) is 0 Å². The zero-order valence-electron chi connectivity index (χ0n) is 23.0. The number of aromatic nitrogens is 4. The van der Waals surface area contributed by atoms with Crippen molar-refractivity contribution in [3.8, 4) is 16.9 Å². The van der Waals surface area contributed by atoms with Crippen LogP contribution in [0.15, 0.2) is 101 Å². The van der Waals surface area contributed by atoms with Gasteiger partial charge in [-0.3, -0.25) is 14.0 Å². The average Bonchev–Trinajstić information content (AvgIpc) is 3.55. The van der Waals surface area contributed by atoms with Gasteiger partial charge in [-0.1, -0.05) is 72.8 Å². The topological polar surface area (TPSA) is 81.3 Å². The van der Waals surface area contributed by atoms with Crippen LogP contribution in [0.3, 0.4) is 0 Å². The number of nitrogens with one attached hydrogen (secondary N) is 1. The summed E-state index contributed by atoms with van der Waals surface area (Å²) in [6.07, 6.45) is 0.0387. The summed E-state index contributed by atoms with van der Waals surface area (Å²) in [5.41, 5.74) is 6.90. The van der Waals surface area contributed by atoms with Crippen molar-refractivity contribution < 1.29 is 4.79 Å². The SMILES string of the molecule is Cc1cccc(-n2nc(-c3c(C)nc4scc(CC(=O)NC(c5ccccc5)c5ccccc5)n4c3=O)cc2C)c1. The minimum atomic E-state index is -0.309. The molecule has 3 heterocycles. The van der Waals surface area contributed by atoms with Crippen LogP contribution in [0.25, 0.3) is 21.9 Å². The van der Waals surface area contributed by atoms with Gasteiger partial charge >= 0.3 is 0 Å². The summed E-state index contributed by atoms with van der Waals surface area (Å²) in [5, 5.41) is 9.80. The molecule has 1 N–H and O–H groups in total. The number of thiazole rings is 1. The fourth-order valence-corrected chi connectivity index (χ4v) is 6.09. The predicted octanol–water partition coefficient (Wildman–Crippen LogP) is 5.98. The van der Waals surface area contributed by atoms with Crippen LogP contribution in [0.5, 0.6) is 0 Å². The Morgan fingerprint density at radius 2 is 1.59 bits per heavy atom. The van der Waals surface area contributed by atoms with Crippen LogP contribution >= 0.6 is 11.3 Å². The molecular formula is C33H29N5O2S. The highest BCUT2D eigenvalue weighted by atomic mass is 32.1. The van der Waals surface area contributed by atoms with Crippen molar-refractivity contribution in [1.29, 1.82) is 0 Å². The molecule has 0 fully saturated rings. The first-order valence-electron chi connectivity index (χ1n) is 13.4. The van der Waals surface area contributed by atoms with E-state index in [1.54, 1.807) is 4.40 Å². The van der Waals surface area contributed by atoms with E-state index in [1.807, 2.05) is 116 Å². The molecule has 0 radical (unpaired) electrons. The number of hydrogen-bond acceptors (Lipinski definition) is 5. The van der Waals surface area contributed by atoms with Crippen LogP contribution in [0.1, 0.15) is 39.8 Å². The highest BCUT2D eigenvalue weighted by molar-refractivity contribution is 7.15. The van der Waals surface area contributed by atoms with E-state index in [0.717, 1.165) is 28.1 Å². The van der Waals surface area contributed by atoms with E-state index in [1.165, 1.54) is 11.3 Å². The summed E-state index contributed by atoms with van der Waals surface area (Å²) in [4.78, 5) is 32.6. The average molecular weight is 560 g/mol. The fourth-order valence-electron chi connectivity index (χ4n) is 5.17. The van der Waals surface area contributed by atoms with Crippen molar-refractivity contribution in [2.45, 2.75) is 33.2 Å². The molecule has 6 rings (SSSR count). The minimum Gasteiger partial charge on any atom is -0.345 e. The molecule has 0 unspecified atom stereocenters. The third-order valence-electron chi connectivity index (χ3n) is 7.12. The number of carbonyl (C=O) groups is 1. The van der Waals surface area contributed by atoms with Gasteiger partial charge in [0.1, 0.15) is 5.69 Å². The lowest BCUT2D eigenvalue weighted by Gasteiger charge is -2.20. The molecule has 0 spiro atoms. The lowest BCUT2D eigenvalue weighted by Crippen LogP contribution is -2.31.